The maximum atomic E-state index is 11.2. The lowest BCUT2D eigenvalue weighted by atomic mass is 9.93. The molecule has 1 fully saturated rings. The van der Waals surface area contributed by atoms with Crippen molar-refractivity contribution in [2.75, 3.05) is 31.8 Å². The molecular weight excluding hydrogens is 190 g/mol. The molecule has 1 aliphatic heterocycles. The summed E-state index contributed by atoms with van der Waals surface area (Å²) in [5.74, 6) is 1.01. The Hall–Kier alpha value is -0.130. The maximum Gasteiger partial charge on any atom is 0.150 e. The minimum absolute atomic E-state index is 0.197. The Morgan fingerprint density at radius 1 is 1.62 bits per heavy atom. The van der Waals surface area contributed by atoms with Crippen LogP contribution in [-0.4, -0.2) is 40.2 Å². The first-order valence-electron chi connectivity index (χ1n) is 4.48. The van der Waals surface area contributed by atoms with Gasteiger partial charge in [-0.15, -0.1) is 0 Å². The summed E-state index contributed by atoms with van der Waals surface area (Å²) in [6.07, 6.45) is 0.744. The molecule has 0 aliphatic carbocycles. The smallest absolute Gasteiger partial charge is 0.150 e. The van der Waals surface area contributed by atoms with Crippen molar-refractivity contribution in [3.8, 4) is 0 Å². The van der Waals surface area contributed by atoms with Crippen LogP contribution in [0.15, 0.2) is 0 Å². The third-order valence-corrected chi connectivity index (χ3v) is 4.41. The van der Waals surface area contributed by atoms with E-state index in [0.717, 1.165) is 6.42 Å². The van der Waals surface area contributed by atoms with Gasteiger partial charge in [0.25, 0.3) is 0 Å². The average Bonchev–Trinajstić information content (AvgIpc) is 2.42. The molecule has 2 N–H and O–H groups in total. The number of methoxy groups -OCH3 is 1. The quantitative estimate of drug-likeness (QED) is 0.683. The van der Waals surface area contributed by atoms with E-state index < -0.39 is 9.84 Å². The molecule has 0 amide bonds. The summed E-state index contributed by atoms with van der Waals surface area (Å²) in [6, 6.07) is 0. The lowest BCUT2D eigenvalue weighted by Crippen LogP contribution is -2.28. The fourth-order valence-electron chi connectivity index (χ4n) is 1.81. The summed E-state index contributed by atoms with van der Waals surface area (Å²) in [6.45, 7) is 1.07. The Morgan fingerprint density at radius 3 is 2.69 bits per heavy atom. The fraction of sp³-hybridized carbons (Fsp3) is 1.00. The summed E-state index contributed by atoms with van der Waals surface area (Å²) in [5.41, 5.74) is 5.55. The predicted molar refractivity (Wildman–Crippen MR) is 51.2 cm³/mol. The van der Waals surface area contributed by atoms with Crippen LogP contribution in [0.25, 0.3) is 0 Å². The lowest BCUT2D eigenvalue weighted by Gasteiger charge is -2.19. The molecule has 13 heavy (non-hydrogen) atoms. The second-order valence-corrected chi connectivity index (χ2v) is 5.84. The average molecular weight is 207 g/mol. The van der Waals surface area contributed by atoms with E-state index in [-0.39, 0.29) is 17.6 Å². The molecule has 0 radical (unpaired) electrons. The summed E-state index contributed by atoms with van der Waals surface area (Å²) in [4.78, 5) is 0. The summed E-state index contributed by atoms with van der Waals surface area (Å²) >= 11 is 0. The maximum absolute atomic E-state index is 11.2. The van der Waals surface area contributed by atoms with Gasteiger partial charge in [-0.25, -0.2) is 8.42 Å². The van der Waals surface area contributed by atoms with Crippen LogP contribution in [0.3, 0.4) is 0 Å². The van der Waals surface area contributed by atoms with Gasteiger partial charge in [-0.2, -0.15) is 0 Å². The first-order valence-corrected chi connectivity index (χ1v) is 6.30. The van der Waals surface area contributed by atoms with E-state index >= 15 is 0 Å². The van der Waals surface area contributed by atoms with E-state index in [0.29, 0.717) is 18.9 Å². The van der Waals surface area contributed by atoms with Crippen LogP contribution in [0.1, 0.15) is 6.42 Å². The van der Waals surface area contributed by atoms with Crippen LogP contribution in [0.2, 0.25) is 0 Å². The van der Waals surface area contributed by atoms with Crippen molar-refractivity contribution in [1.82, 2.24) is 0 Å². The second kappa shape index (κ2) is 4.39. The number of nitrogens with two attached hydrogens (primary N) is 1. The number of ether oxygens (including phenoxy) is 1. The van der Waals surface area contributed by atoms with Gasteiger partial charge in [0.05, 0.1) is 18.1 Å². The molecule has 78 valence electrons. The standard InChI is InChI=1S/C8H17NO3S/c1-12-5-8(4-9)7-2-3-13(10,11)6-7/h7-8H,2-6,9H2,1H3. The van der Waals surface area contributed by atoms with Crippen molar-refractivity contribution in [2.24, 2.45) is 17.6 Å². The predicted octanol–water partition coefficient (Wildman–Crippen LogP) is -0.358. The molecule has 5 heteroatoms. The molecule has 2 atom stereocenters. The molecule has 0 saturated carbocycles. The van der Waals surface area contributed by atoms with Crippen molar-refractivity contribution in [1.29, 1.82) is 0 Å². The Labute approximate surface area is 79.4 Å². The van der Waals surface area contributed by atoms with Gasteiger partial charge in [0.2, 0.25) is 0 Å². The van der Waals surface area contributed by atoms with E-state index in [4.69, 9.17) is 10.5 Å². The Balaban J connectivity index is 2.52. The molecule has 1 aliphatic rings. The van der Waals surface area contributed by atoms with Gasteiger partial charge in [0, 0.05) is 7.11 Å². The fourth-order valence-corrected chi connectivity index (χ4v) is 3.73. The summed E-state index contributed by atoms with van der Waals surface area (Å²) in [5, 5.41) is 0. The molecule has 1 saturated heterocycles. The zero-order valence-corrected chi connectivity index (χ0v) is 8.72. The lowest BCUT2D eigenvalue weighted by molar-refractivity contribution is 0.130. The van der Waals surface area contributed by atoms with Gasteiger partial charge in [0.15, 0.2) is 9.84 Å². The van der Waals surface area contributed by atoms with Gasteiger partial charge >= 0.3 is 0 Å². The van der Waals surface area contributed by atoms with Gasteiger partial charge in [-0.05, 0) is 24.8 Å². The highest BCUT2D eigenvalue weighted by atomic mass is 32.2. The van der Waals surface area contributed by atoms with E-state index in [2.05, 4.69) is 0 Å². The Kier molecular flexibility index (Phi) is 3.70. The van der Waals surface area contributed by atoms with Crippen molar-refractivity contribution < 1.29 is 13.2 Å². The van der Waals surface area contributed by atoms with Gasteiger partial charge in [0.1, 0.15) is 0 Å². The Morgan fingerprint density at radius 2 is 2.31 bits per heavy atom. The van der Waals surface area contributed by atoms with E-state index in [1.54, 1.807) is 7.11 Å². The number of hydrogen-bond acceptors (Lipinski definition) is 4. The minimum atomic E-state index is -2.78. The largest absolute Gasteiger partial charge is 0.384 e. The van der Waals surface area contributed by atoms with E-state index in [1.807, 2.05) is 0 Å². The molecule has 0 bridgehead atoms. The van der Waals surface area contributed by atoms with Crippen molar-refractivity contribution >= 4 is 9.84 Å². The number of hydrogen-bond donors (Lipinski definition) is 1. The zero-order chi connectivity index (χ0) is 9.90. The van der Waals surface area contributed by atoms with E-state index in [9.17, 15) is 8.42 Å². The van der Waals surface area contributed by atoms with Crippen molar-refractivity contribution in [3.63, 3.8) is 0 Å². The second-order valence-electron chi connectivity index (χ2n) is 3.61. The topological polar surface area (TPSA) is 69.4 Å². The first-order chi connectivity index (χ1) is 6.09. The van der Waals surface area contributed by atoms with Crippen molar-refractivity contribution in [3.05, 3.63) is 0 Å². The van der Waals surface area contributed by atoms with Crippen LogP contribution in [0.4, 0.5) is 0 Å². The molecule has 0 aromatic heterocycles. The van der Waals surface area contributed by atoms with Crippen LogP contribution in [-0.2, 0) is 14.6 Å². The number of sulfone groups is 1. The highest BCUT2D eigenvalue weighted by Crippen LogP contribution is 2.25. The van der Waals surface area contributed by atoms with E-state index in [1.165, 1.54) is 0 Å². The monoisotopic (exact) mass is 207 g/mol. The zero-order valence-electron chi connectivity index (χ0n) is 7.90. The highest BCUT2D eigenvalue weighted by molar-refractivity contribution is 7.91. The van der Waals surface area contributed by atoms with Crippen LogP contribution >= 0.6 is 0 Å². The van der Waals surface area contributed by atoms with Crippen LogP contribution in [0.5, 0.6) is 0 Å². The molecule has 1 heterocycles. The highest BCUT2D eigenvalue weighted by Gasteiger charge is 2.32. The molecule has 0 aromatic rings. The first kappa shape index (κ1) is 10.9. The molecular formula is C8H17NO3S. The Bertz CT molecular complexity index is 250. The minimum Gasteiger partial charge on any atom is -0.384 e. The summed E-state index contributed by atoms with van der Waals surface area (Å²) in [7, 11) is -1.16. The molecule has 4 nitrogen and oxygen atoms in total. The molecule has 1 rings (SSSR count). The molecule has 2 unspecified atom stereocenters. The van der Waals surface area contributed by atoms with Gasteiger partial charge < -0.3 is 10.5 Å². The van der Waals surface area contributed by atoms with Gasteiger partial charge in [-0.3, -0.25) is 0 Å². The SMILES string of the molecule is COCC(CN)C1CCS(=O)(=O)C1. The normalized spacial score (nSPS) is 28.9. The van der Waals surface area contributed by atoms with Crippen LogP contribution < -0.4 is 5.73 Å². The molecule has 0 spiro atoms. The third-order valence-electron chi connectivity index (χ3n) is 2.62. The summed E-state index contributed by atoms with van der Waals surface area (Å²) < 4.78 is 27.4. The van der Waals surface area contributed by atoms with Crippen molar-refractivity contribution in [2.45, 2.75) is 6.42 Å². The van der Waals surface area contributed by atoms with Crippen LogP contribution in [0, 0.1) is 11.8 Å². The molecule has 0 aromatic carbocycles. The third kappa shape index (κ3) is 2.93. The number of rotatable bonds is 4. The van der Waals surface area contributed by atoms with Gasteiger partial charge in [-0.1, -0.05) is 0 Å².